The van der Waals surface area contributed by atoms with Gasteiger partial charge in [-0.05, 0) is 25.1 Å². The lowest BCUT2D eigenvalue weighted by Crippen LogP contribution is -2.22. The molecule has 0 saturated carbocycles. The Bertz CT molecular complexity index is 1170. The quantitative estimate of drug-likeness (QED) is 0.546. The van der Waals surface area contributed by atoms with Gasteiger partial charge in [-0.25, -0.2) is 9.07 Å². The summed E-state index contributed by atoms with van der Waals surface area (Å²) in [7, 11) is 0. The van der Waals surface area contributed by atoms with Crippen molar-refractivity contribution in [3.63, 3.8) is 0 Å². The molecule has 2 aromatic carbocycles. The molecular weight excluding hydrogens is 359 g/mol. The average Bonchev–Trinajstić information content (AvgIpc) is 3.11. The van der Waals surface area contributed by atoms with Crippen LogP contribution in [0.5, 0.6) is 0 Å². The lowest BCUT2D eigenvalue weighted by molar-refractivity contribution is 0.560. The number of fused-ring (bicyclic) bond motifs is 1. The molecule has 0 aliphatic heterocycles. The minimum atomic E-state index is -0.566. The van der Waals surface area contributed by atoms with Gasteiger partial charge in [-0.3, -0.25) is 4.79 Å². The number of hydrogen-bond donors (Lipinski definition) is 0. The van der Waals surface area contributed by atoms with Gasteiger partial charge in [-0.1, -0.05) is 35.9 Å². The predicted molar refractivity (Wildman–Crippen MR) is 95.4 cm³/mol. The standard InChI is InChI=1S/C18H12ClFN4O2/c1-2-24-18(25)11-7-4-3-6-10(11)15(23-24)17-22-21-16(26-17)14-12(19)8-5-9-13(14)20/h3-9H,2H2,1H3. The molecule has 0 unspecified atom stereocenters. The molecule has 0 fully saturated rings. The Morgan fingerprint density at radius 3 is 2.54 bits per heavy atom. The highest BCUT2D eigenvalue weighted by Crippen LogP contribution is 2.32. The molecule has 130 valence electrons. The summed E-state index contributed by atoms with van der Waals surface area (Å²) in [5.74, 6) is -0.537. The molecule has 0 amide bonds. The van der Waals surface area contributed by atoms with Crippen LogP contribution in [0.3, 0.4) is 0 Å². The van der Waals surface area contributed by atoms with E-state index in [1.165, 1.54) is 22.9 Å². The maximum atomic E-state index is 14.1. The zero-order chi connectivity index (χ0) is 18.3. The van der Waals surface area contributed by atoms with Crippen LogP contribution in [-0.2, 0) is 6.54 Å². The van der Waals surface area contributed by atoms with Gasteiger partial charge in [0, 0.05) is 11.9 Å². The third-order valence-electron chi connectivity index (χ3n) is 3.97. The van der Waals surface area contributed by atoms with Crippen LogP contribution < -0.4 is 5.56 Å². The van der Waals surface area contributed by atoms with Gasteiger partial charge in [0.1, 0.15) is 5.82 Å². The summed E-state index contributed by atoms with van der Waals surface area (Å²) in [5, 5.41) is 13.4. The van der Waals surface area contributed by atoms with Gasteiger partial charge in [-0.2, -0.15) is 5.10 Å². The summed E-state index contributed by atoms with van der Waals surface area (Å²) >= 11 is 6.05. The summed E-state index contributed by atoms with van der Waals surface area (Å²) in [5.41, 5.74) is 0.179. The van der Waals surface area contributed by atoms with E-state index in [0.717, 1.165) is 0 Å². The zero-order valence-corrected chi connectivity index (χ0v) is 14.4. The second kappa shape index (κ2) is 6.34. The zero-order valence-electron chi connectivity index (χ0n) is 13.6. The van der Waals surface area contributed by atoms with E-state index >= 15 is 0 Å². The van der Waals surface area contributed by atoms with Gasteiger partial charge in [0.2, 0.25) is 0 Å². The smallest absolute Gasteiger partial charge is 0.274 e. The predicted octanol–water partition coefficient (Wildman–Crippen LogP) is 3.93. The van der Waals surface area contributed by atoms with Gasteiger partial charge in [0.25, 0.3) is 17.3 Å². The Balaban J connectivity index is 1.94. The number of halogens is 2. The monoisotopic (exact) mass is 370 g/mol. The fraction of sp³-hybridized carbons (Fsp3) is 0.111. The first-order valence-electron chi connectivity index (χ1n) is 7.88. The minimum absolute atomic E-state index is 0.0287. The van der Waals surface area contributed by atoms with Crippen LogP contribution in [0.4, 0.5) is 4.39 Å². The number of benzene rings is 2. The molecule has 0 atom stereocenters. The minimum Gasteiger partial charge on any atom is -0.414 e. The van der Waals surface area contributed by atoms with Crippen molar-refractivity contribution in [2.75, 3.05) is 0 Å². The lowest BCUT2D eigenvalue weighted by atomic mass is 10.1. The maximum absolute atomic E-state index is 14.1. The van der Waals surface area contributed by atoms with Crippen molar-refractivity contribution in [3.05, 3.63) is 63.7 Å². The van der Waals surface area contributed by atoms with E-state index in [-0.39, 0.29) is 27.9 Å². The van der Waals surface area contributed by atoms with Gasteiger partial charge in [0.05, 0.1) is 16.0 Å². The van der Waals surface area contributed by atoms with Crippen LogP contribution in [0.1, 0.15) is 6.92 Å². The van der Waals surface area contributed by atoms with E-state index in [1.807, 2.05) is 6.92 Å². The number of nitrogens with zero attached hydrogens (tertiary/aromatic N) is 4. The normalized spacial score (nSPS) is 11.2. The average molecular weight is 371 g/mol. The topological polar surface area (TPSA) is 73.8 Å². The number of rotatable bonds is 3. The summed E-state index contributed by atoms with van der Waals surface area (Å²) in [6.07, 6.45) is 0. The van der Waals surface area contributed by atoms with Gasteiger partial charge in [-0.15, -0.1) is 10.2 Å². The molecule has 0 radical (unpaired) electrons. The second-order valence-corrected chi connectivity index (χ2v) is 5.93. The largest absolute Gasteiger partial charge is 0.414 e. The molecule has 0 bridgehead atoms. The molecule has 0 saturated heterocycles. The first-order chi connectivity index (χ1) is 12.6. The Kier molecular flexibility index (Phi) is 4.00. The molecule has 2 aromatic heterocycles. The van der Waals surface area contributed by atoms with Crippen molar-refractivity contribution < 1.29 is 8.81 Å². The van der Waals surface area contributed by atoms with Crippen LogP contribution in [0.25, 0.3) is 33.8 Å². The second-order valence-electron chi connectivity index (χ2n) is 5.52. The molecule has 2 heterocycles. The molecule has 8 heteroatoms. The van der Waals surface area contributed by atoms with Crippen LogP contribution in [-0.4, -0.2) is 20.0 Å². The molecule has 26 heavy (non-hydrogen) atoms. The van der Waals surface area contributed by atoms with Crippen LogP contribution in [0.15, 0.2) is 51.7 Å². The van der Waals surface area contributed by atoms with E-state index in [4.69, 9.17) is 16.0 Å². The number of aromatic nitrogens is 4. The molecule has 4 aromatic rings. The maximum Gasteiger partial charge on any atom is 0.274 e. The SMILES string of the molecule is CCn1nc(-c2nnc(-c3c(F)cccc3Cl)o2)c2ccccc2c1=O. The number of hydrogen-bond acceptors (Lipinski definition) is 5. The van der Waals surface area contributed by atoms with Crippen molar-refractivity contribution in [1.82, 2.24) is 20.0 Å². The first-order valence-corrected chi connectivity index (χ1v) is 8.26. The highest BCUT2D eigenvalue weighted by molar-refractivity contribution is 6.33. The third-order valence-corrected chi connectivity index (χ3v) is 4.29. The van der Waals surface area contributed by atoms with Crippen LogP contribution in [0, 0.1) is 5.82 Å². The third kappa shape index (κ3) is 2.57. The molecular formula is C18H12ClFN4O2. The highest BCUT2D eigenvalue weighted by atomic mass is 35.5. The molecule has 4 rings (SSSR count). The van der Waals surface area contributed by atoms with E-state index in [0.29, 0.717) is 23.0 Å². The first kappa shape index (κ1) is 16.4. The van der Waals surface area contributed by atoms with E-state index in [9.17, 15) is 9.18 Å². The van der Waals surface area contributed by atoms with Crippen molar-refractivity contribution in [1.29, 1.82) is 0 Å². The fourth-order valence-corrected chi connectivity index (χ4v) is 2.97. The lowest BCUT2D eigenvalue weighted by Gasteiger charge is -2.06. The summed E-state index contributed by atoms with van der Waals surface area (Å²) in [4.78, 5) is 12.4. The van der Waals surface area contributed by atoms with E-state index in [2.05, 4.69) is 15.3 Å². The molecule has 6 nitrogen and oxygen atoms in total. The Morgan fingerprint density at radius 2 is 1.81 bits per heavy atom. The highest BCUT2D eigenvalue weighted by Gasteiger charge is 2.20. The summed E-state index contributed by atoms with van der Waals surface area (Å²) in [6, 6.07) is 11.3. The van der Waals surface area contributed by atoms with Crippen LogP contribution >= 0.6 is 11.6 Å². The van der Waals surface area contributed by atoms with Gasteiger partial charge in [0.15, 0.2) is 5.69 Å². The Morgan fingerprint density at radius 1 is 1.08 bits per heavy atom. The Labute approximate surface area is 151 Å². The van der Waals surface area contributed by atoms with Crippen molar-refractivity contribution in [2.45, 2.75) is 13.5 Å². The molecule has 0 aliphatic rings. The van der Waals surface area contributed by atoms with E-state index in [1.54, 1.807) is 24.3 Å². The van der Waals surface area contributed by atoms with E-state index < -0.39 is 5.82 Å². The van der Waals surface area contributed by atoms with Gasteiger partial charge >= 0.3 is 0 Å². The summed E-state index contributed by atoms with van der Waals surface area (Å²) < 4.78 is 21.1. The molecule has 0 N–H and O–H groups in total. The van der Waals surface area contributed by atoms with Crippen molar-refractivity contribution in [2.24, 2.45) is 0 Å². The Hall–Kier alpha value is -3.06. The van der Waals surface area contributed by atoms with Crippen molar-refractivity contribution in [3.8, 4) is 23.0 Å². The fourth-order valence-electron chi connectivity index (χ4n) is 2.73. The van der Waals surface area contributed by atoms with Gasteiger partial charge < -0.3 is 4.42 Å². The number of aryl methyl sites for hydroxylation is 1. The van der Waals surface area contributed by atoms with Crippen molar-refractivity contribution >= 4 is 22.4 Å². The molecule has 0 spiro atoms. The summed E-state index contributed by atoms with van der Waals surface area (Å²) in [6.45, 7) is 2.20. The molecule has 0 aliphatic carbocycles. The van der Waals surface area contributed by atoms with Crippen LogP contribution in [0.2, 0.25) is 5.02 Å².